The second-order valence-electron chi connectivity index (χ2n) is 11.5. The summed E-state index contributed by atoms with van der Waals surface area (Å²) in [5, 5.41) is 11.4. The molecule has 46 heavy (non-hydrogen) atoms. The number of nitrogen functional groups attached to an aromatic ring is 2. The zero-order valence-corrected chi connectivity index (χ0v) is 25.1. The quantitative estimate of drug-likeness (QED) is 0.127. The summed E-state index contributed by atoms with van der Waals surface area (Å²) >= 11 is 0. The second-order valence-corrected chi connectivity index (χ2v) is 11.5. The number of amidine groups is 1. The first-order valence-electron chi connectivity index (χ1n) is 15.3. The minimum absolute atomic E-state index is 0.0415. The molecule has 0 aliphatic heterocycles. The summed E-state index contributed by atoms with van der Waals surface area (Å²) in [5.74, 6) is 0.711. The summed E-state index contributed by atoms with van der Waals surface area (Å²) in [6, 6.07) is 52.2. The fourth-order valence-corrected chi connectivity index (χ4v) is 6.66. The Kier molecular flexibility index (Phi) is 6.54. The number of nitrogens with zero attached hydrogens (tertiary/aromatic N) is 3. The molecule has 8 aromatic rings. The number of benzene rings is 6. The van der Waals surface area contributed by atoms with Gasteiger partial charge < -0.3 is 20.9 Å². The number of fused-ring (bicyclic) bond motifs is 4. The molecule has 0 atom stereocenters. The smallest absolute Gasteiger partial charge is 0.133 e. The largest absolute Gasteiger partial charge is 0.384 e. The molecule has 0 aliphatic rings. The molecule has 2 heterocycles. The van der Waals surface area contributed by atoms with Crippen LogP contribution >= 0.6 is 0 Å². The average Bonchev–Trinajstić information content (AvgIpc) is 3.57. The van der Waals surface area contributed by atoms with E-state index < -0.39 is 0 Å². The van der Waals surface area contributed by atoms with E-state index in [1.165, 1.54) is 5.56 Å². The lowest BCUT2D eigenvalue weighted by molar-refractivity contribution is 0.977. The van der Waals surface area contributed by atoms with Gasteiger partial charge in [-0.3, -0.25) is 9.98 Å². The number of hydrogen-bond acceptors (Lipinski definition) is 3. The van der Waals surface area contributed by atoms with E-state index in [1.807, 2.05) is 48.5 Å². The van der Waals surface area contributed by atoms with Crippen LogP contribution < -0.4 is 16.4 Å². The second kappa shape index (κ2) is 11.0. The van der Waals surface area contributed by atoms with E-state index in [4.69, 9.17) is 16.9 Å². The first-order chi connectivity index (χ1) is 22.6. The first kappa shape index (κ1) is 27.3. The van der Waals surface area contributed by atoms with Gasteiger partial charge in [0.2, 0.25) is 0 Å². The molecule has 0 fully saturated rings. The highest BCUT2D eigenvalue weighted by Gasteiger charge is 2.25. The van der Waals surface area contributed by atoms with Gasteiger partial charge in [0.25, 0.3) is 0 Å². The zero-order valence-electron chi connectivity index (χ0n) is 25.1. The minimum atomic E-state index is 0.0415. The van der Waals surface area contributed by atoms with Gasteiger partial charge in [-0.1, -0.05) is 97.1 Å². The van der Waals surface area contributed by atoms with Crippen molar-refractivity contribution in [2.24, 2.45) is 5.73 Å². The molecule has 0 bridgehead atoms. The normalized spacial score (nSPS) is 11.4. The van der Waals surface area contributed by atoms with Crippen LogP contribution in [0.25, 0.3) is 44.1 Å². The van der Waals surface area contributed by atoms with Gasteiger partial charge >= 0.3 is 0 Å². The van der Waals surface area contributed by atoms with Crippen molar-refractivity contribution in [1.82, 2.24) is 9.13 Å². The maximum Gasteiger partial charge on any atom is 0.133 e. The van der Waals surface area contributed by atoms with Crippen LogP contribution in [-0.2, 0) is 6.54 Å². The molecule has 6 aromatic carbocycles. The number of nitrogens with two attached hydrogens (primary N) is 2. The standard InChI is InChI=1S/C40H32N6/c41-39(42)28-15-12-20-31(23-28)45-35-22-11-10-21-32(35)33-24-34-37(25-36(33)45)46(30-18-8-3-9-19-30)40(43)38(34)44(29-16-6-2-7-17-29)26-27-13-4-1-5-14-27/h1-25H,26,43H2,(H3,41,42). The van der Waals surface area contributed by atoms with E-state index in [0.29, 0.717) is 17.9 Å². The van der Waals surface area contributed by atoms with Crippen molar-refractivity contribution in [1.29, 1.82) is 5.41 Å². The third-order valence-corrected chi connectivity index (χ3v) is 8.72. The lowest BCUT2D eigenvalue weighted by Crippen LogP contribution is -2.18. The molecule has 2 aromatic heterocycles. The van der Waals surface area contributed by atoms with Gasteiger partial charge in [-0.05, 0) is 60.2 Å². The van der Waals surface area contributed by atoms with Crippen LogP contribution in [0.2, 0.25) is 0 Å². The van der Waals surface area contributed by atoms with Gasteiger partial charge in [0, 0.05) is 45.3 Å². The van der Waals surface area contributed by atoms with Crippen molar-refractivity contribution in [3.63, 3.8) is 0 Å². The summed E-state index contributed by atoms with van der Waals surface area (Å²) in [4.78, 5) is 2.33. The lowest BCUT2D eigenvalue weighted by atomic mass is 10.1. The Morgan fingerprint density at radius 3 is 1.93 bits per heavy atom. The average molecular weight is 597 g/mol. The molecular formula is C40H32N6. The summed E-state index contributed by atoms with van der Waals surface area (Å²) < 4.78 is 4.42. The minimum Gasteiger partial charge on any atom is -0.384 e. The third-order valence-electron chi connectivity index (χ3n) is 8.72. The number of para-hydroxylation sites is 3. The SMILES string of the molecule is N=C(N)c1cccc(-n2c3ccccc3c3cc4c(N(Cc5ccccc5)c5ccccc5)c(N)n(-c5ccccc5)c4cc32)c1. The maximum atomic E-state index is 8.08. The monoisotopic (exact) mass is 596 g/mol. The Hall–Kier alpha value is -6.27. The first-order valence-corrected chi connectivity index (χ1v) is 15.3. The fraction of sp³-hybridized carbons (Fsp3) is 0.0250. The summed E-state index contributed by atoms with van der Waals surface area (Å²) in [7, 11) is 0. The Morgan fingerprint density at radius 2 is 1.20 bits per heavy atom. The summed E-state index contributed by atoms with van der Waals surface area (Å²) in [6.45, 7) is 0.653. The highest BCUT2D eigenvalue weighted by atomic mass is 15.2. The number of anilines is 3. The molecule has 0 spiro atoms. The predicted molar refractivity (Wildman–Crippen MR) is 192 cm³/mol. The third kappa shape index (κ3) is 4.47. The highest BCUT2D eigenvalue weighted by Crippen LogP contribution is 2.45. The van der Waals surface area contributed by atoms with Gasteiger partial charge in [-0.15, -0.1) is 0 Å². The molecule has 0 saturated heterocycles. The molecular weight excluding hydrogens is 564 g/mol. The molecule has 5 N–H and O–H groups in total. The van der Waals surface area contributed by atoms with Crippen molar-refractivity contribution in [3.05, 3.63) is 163 Å². The molecule has 6 heteroatoms. The van der Waals surface area contributed by atoms with E-state index in [-0.39, 0.29) is 5.84 Å². The molecule has 0 amide bonds. The Morgan fingerprint density at radius 1 is 0.565 bits per heavy atom. The van der Waals surface area contributed by atoms with E-state index in [0.717, 1.165) is 55.5 Å². The van der Waals surface area contributed by atoms with Gasteiger partial charge in [0.1, 0.15) is 11.7 Å². The number of rotatable bonds is 7. The van der Waals surface area contributed by atoms with Crippen LogP contribution in [0, 0.1) is 5.41 Å². The van der Waals surface area contributed by atoms with Crippen LogP contribution in [0.15, 0.2) is 152 Å². The molecule has 0 aliphatic carbocycles. The Balaban J connectivity index is 1.48. The molecule has 8 rings (SSSR count). The van der Waals surface area contributed by atoms with E-state index in [1.54, 1.807) is 0 Å². The van der Waals surface area contributed by atoms with Crippen molar-refractivity contribution in [2.75, 3.05) is 10.6 Å². The van der Waals surface area contributed by atoms with Gasteiger partial charge in [0.05, 0.1) is 22.2 Å². The topological polar surface area (TPSA) is 89.0 Å². The van der Waals surface area contributed by atoms with E-state index in [2.05, 4.69) is 117 Å². The number of nitrogens with one attached hydrogen (secondary N) is 1. The number of hydrogen-bond donors (Lipinski definition) is 3. The van der Waals surface area contributed by atoms with Gasteiger partial charge in [-0.2, -0.15) is 0 Å². The molecule has 0 unspecified atom stereocenters. The maximum absolute atomic E-state index is 8.08. The Bertz CT molecular complexity index is 2370. The van der Waals surface area contributed by atoms with Gasteiger partial charge in [0.15, 0.2) is 0 Å². The van der Waals surface area contributed by atoms with Crippen LogP contribution in [0.1, 0.15) is 11.1 Å². The Labute approximate surface area is 266 Å². The van der Waals surface area contributed by atoms with E-state index >= 15 is 0 Å². The molecule has 222 valence electrons. The fourth-order valence-electron chi connectivity index (χ4n) is 6.66. The number of aromatic nitrogens is 2. The van der Waals surface area contributed by atoms with Crippen molar-refractivity contribution >= 4 is 55.7 Å². The molecule has 0 radical (unpaired) electrons. The highest BCUT2D eigenvalue weighted by molar-refractivity contribution is 6.17. The van der Waals surface area contributed by atoms with Crippen molar-refractivity contribution < 1.29 is 0 Å². The van der Waals surface area contributed by atoms with Crippen LogP contribution in [0.5, 0.6) is 0 Å². The van der Waals surface area contributed by atoms with Crippen molar-refractivity contribution in [3.8, 4) is 11.4 Å². The predicted octanol–water partition coefficient (Wildman–Crippen LogP) is 8.93. The zero-order chi connectivity index (χ0) is 31.2. The van der Waals surface area contributed by atoms with E-state index in [9.17, 15) is 0 Å². The molecule has 0 saturated carbocycles. The lowest BCUT2D eigenvalue weighted by Gasteiger charge is -2.26. The van der Waals surface area contributed by atoms with Crippen LogP contribution in [0.3, 0.4) is 0 Å². The summed E-state index contributed by atoms with van der Waals surface area (Å²) in [5.41, 5.74) is 22.2. The molecule has 6 nitrogen and oxygen atoms in total. The van der Waals surface area contributed by atoms with Crippen LogP contribution in [0.4, 0.5) is 17.2 Å². The van der Waals surface area contributed by atoms with Crippen LogP contribution in [-0.4, -0.2) is 15.0 Å². The van der Waals surface area contributed by atoms with Gasteiger partial charge in [-0.25, -0.2) is 0 Å². The summed E-state index contributed by atoms with van der Waals surface area (Å²) in [6.07, 6.45) is 0. The van der Waals surface area contributed by atoms with Crippen molar-refractivity contribution in [2.45, 2.75) is 6.54 Å².